The van der Waals surface area contributed by atoms with Crippen molar-refractivity contribution in [1.29, 1.82) is 0 Å². The first-order valence-corrected chi connectivity index (χ1v) is 18.3. The Bertz CT molecular complexity index is 2110. The topological polar surface area (TPSA) is 192 Å². The molecule has 2 N–H and O–H groups in total. The van der Waals surface area contributed by atoms with E-state index in [4.69, 9.17) is 19.0 Å². The van der Waals surface area contributed by atoms with Gasteiger partial charge in [0, 0.05) is 22.9 Å². The van der Waals surface area contributed by atoms with E-state index in [1.807, 2.05) is 34.6 Å². The van der Waals surface area contributed by atoms with Crippen LogP contribution in [0.25, 0.3) is 11.2 Å². The molecule has 2 aliphatic heterocycles. The number of nitrogens with zero attached hydrogens (tertiary/aromatic N) is 7. The fraction of sp³-hybridized carbons (Fsp3) is 0.382. The highest BCUT2D eigenvalue weighted by Gasteiger charge is 2.55. The minimum absolute atomic E-state index is 0.0365. The number of hydrogen-bond acceptors (Lipinski definition) is 14. The number of esters is 1. The van der Waals surface area contributed by atoms with Gasteiger partial charge in [-0.05, 0) is 57.5 Å². The molecule has 4 aromatic rings. The molecule has 0 spiro atoms. The molecule has 0 saturated carbocycles. The van der Waals surface area contributed by atoms with Gasteiger partial charge < -0.3 is 24.4 Å². The van der Waals surface area contributed by atoms with E-state index in [0.717, 1.165) is 22.6 Å². The zero-order chi connectivity index (χ0) is 37.9. The van der Waals surface area contributed by atoms with Crippen LogP contribution in [0.5, 0.6) is 5.75 Å². The fourth-order valence-corrected chi connectivity index (χ4v) is 7.44. The number of β-lactam (4-membered cyclic amide) rings is 1. The highest BCUT2D eigenvalue weighted by molar-refractivity contribution is 8.00. The van der Waals surface area contributed by atoms with Crippen molar-refractivity contribution in [3.8, 4) is 5.75 Å². The molecule has 1 aromatic carbocycles. The lowest BCUT2D eigenvalue weighted by atomic mass is 10.0. The maximum atomic E-state index is 13.9. The summed E-state index contributed by atoms with van der Waals surface area (Å²) >= 11 is 2.21. The van der Waals surface area contributed by atoms with Crippen LogP contribution < -0.4 is 19.9 Å². The number of pyridine rings is 1. The predicted octanol–water partition coefficient (Wildman–Crippen LogP) is 2.91. The first-order chi connectivity index (χ1) is 25.4. The second kappa shape index (κ2) is 15.6. The van der Waals surface area contributed by atoms with Crippen LogP contribution in [0.2, 0.25) is 0 Å². The van der Waals surface area contributed by atoms with Gasteiger partial charge in [0.2, 0.25) is 16.7 Å². The van der Waals surface area contributed by atoms with Crippen molar-refractivity contribution in [2.75, 3.05) is 24.8 Å². The highest BCUT2D eigenvalue weighted by atomic mass is 32.2. The smallest absolute Gasteiger partial charge is 0.414 e. The SMILES string of the molecule is CCO/N=C(\C(=O)NC1C(=O)N2C(C(=O)OCc3ccc(OC)cc3)=C(C[n+]3cn(C)c4cccnc43)CSC12)c1nsc(NC(=O)OC(C)(C)C)n1. The maximum absolute atomic E-state index is 13.9. The number of imidazole rings is 1. The van der Waals surface area contributed by atoms with Crippen molar-refractivity contribution in [2.45, 2.75) is 57.9 Å². The van der Waals surface area contributed by atoms with Crippen molar-refractivity contribution >= 4 is 69.2 Å². The highest BCUT2D eigenvalue weighted by Crippen LogP contribution is 2.41. The number of benzene rings is 1. The van der Waals surface area contributed by atoms with Crippen molar-refractivity contribution in [3.63, 3.8) is 0 Å². The Hall–Kier alpha value is -5.56. The summed E-state index contributed by atoms with van der Waals surface area (Å²) in [5, 5.41) is 8.54. The molecule has 3 aromatic heterocycles. The van der Waals surface area contributed by atoms with Crippen molar-refractivity contribution in [2.24, 2.45) is 12.2 Å². The molecule has 2 atom stereocenters. The van der Waals surface area contributed by atoms with E-state index in [1.54, 1.807) is 65.3 Å². The number of aromatic nitrogens is 5. The molecule has 1 fully saturated rings. The van der Waals surface area contributed by atoms with Crippen molar-refractivity contribution in [3.05, 3.63) is 71.6 Å². The standard InChI is InChI=1S/C34H37N9O8S2/c1-7-50-39-23(26-37-32(53-40-26)38-33(47)51-34(2,3)4)28(44)36-24-29(45)43-25(31(46)49-16-19-10-12-21(48-6)13-11-19)20(17-52-30(24)43)15-42-18-41(5)22-9-8-14-35-27(22)42/h8-14,18,24,30H,7,15-17H2,1-6H3,(H-,36,37,38,40,44,47)/p+1/b39-23-. The van der Waals surface area contributed by atoms with Gasteiger partial charge in [0.25, 0.3) is 11.8 Å². The normalized spacial score (nSPS) is 17.2. The molecule has 1 saturated heterocycles. The summed E-state index contributed by atoms with van der Waals surface area (Å²) in [7, 11) is 3.47. The summed E-state index contributed by atoms with van der Waals surface area (Å²) in [6, 6.07) is 9.87. The van der Waals surface area contributed by atoms with Crippen LogP contribution >= 0.6 is 23.3 Å². The number of fused-ring (bicyclic) bond motifs is 2. The summed E-state index contributed by atoms with van der Waals surface area (Å²) in [6.07, 6.45) is 2.82. The van der Waals surface area contributed by atoms with E-state index in [-0.39, 0.29) is 42.1 Å². The molecular weight excluding hydrogens is 727 g/mol. The van der Waals surface area contributed by atoms with Gasteiger partial charge in [0.15, 0.2) is 11.8 Å². The maximum Gasteiger partial charge on any atom is 0.414 e. The fourth-order valence-electron chi connectivity index (χ4n) is 5.55. The largest absolute Gasteiger partial charge is 0.497 e. The number of amides is 3. The summed E-state index contributed by atoms with van der Waals surface area (Å²) in [4.78, 5) is 68.9. The van der Waals surface area contributed by atoms with Gasteiger partial charge in [-0.2, -0.15) is 9.36 Å². The first kappa shape index (κ1) is 37.2. The van der Waals surface area contributed by atoms with Gasteiger partial charge in [-0.15, -0.1) is 16.7 Å². The number of ether oxygens (including phenoxy) is 3. The van der Waals surface area contributed by atoms with Gasteiger partial charge in [0.05, 0.1) is 20.7 Å². The van der Waals surface area contributed by atoms with Crippen LogP contribution in [0.3, 0.4) is 0 Å². The van der Waals surface area contributed by atoms with Crippen LogP contribution in [-0.2, 0) is 48.9 Å². The molecule has 17 nitrogen and oxygen atoms in total. The Morgan fingerprint density at radius 1 is 1.15 bits per heavy atom. The number of nitrogens with one attached hydrogen (secondary N) is 2. The second-order valence-corrected chi connectivity index (χ2v) is 14.7. The van der Waals surface area contributed by atoms with Gasteiger partial charge in [0.1, 0.15) is 47.9 Å². The molecule has 278 valence electrons. The second-order valence-electron chi connectivity index (χ2n) is 12.8. The van der Waals surface area contributed by atoms with Crippen molar-refractivity contribution in [1.82, 2.24) is 29.1 Å². The van der Waals surface area contributed by atoms with Crippen LogP contribution in [0.1, 0.15) is 39.1 Å². The minimum atomic E-state index is -1.02. The molecule has 53 heavy (non-hydrogen) atoms. The number of oxime groups is 1. The van der Waals surface area contributed by atoms with Gasteiger partial charge in [-0.25, -0.2) is 14.2 Å². The van der Waals surface area contributed by atoms with Gasteiger partial charge in [-0.1, -0.05) is 17.3 Å². The number of thioether (sulfide) groups is 1. The third-order valence-electron chi connectivity index (χ3n) is 7.89. The Morgan fingerprint density at radius 2 is 1.92 bits per heavy atom. The van der Waals surface area contributed by atoms with E-state index < -0.39 is 40.9 Å². The molecule has 19 heteroatoms. The van der Waals surface area contributed by atoms with E-state index in [9.17, 15) is 19.2 Å². The molecular formula is C34H38N9O8S2+. The predicted molar refractivity (Wildman–Crippen MR) is 194 cm³/mol. The molecule has 2 unspecified atom stereocenters. The first-order valence-electron chi connectivity index (χ1n) is 16.5. The van der Waals surface area contributed by atoms with E-state index in [0.29, 0.717) is 22.7 Å². The van der Waals surface area contributed by atoms with Gasteiger partial charge >= 0.3 is 17.7 Å². The Balaban J connectivity index is 1.23. The Labute approximate surface area is 312 Å². The average molecular weight is 765 g/mol. The molecule has 0 radical (unpaired) electrons. The van der Waals surface area contributed by atoms with Crippen LogP contribution in [0.15, 0.2) is 65.3 Å². The molecule has 0 bridgehead atoms. The third kappa shape index (κ3) is 8.25. The lowest BCUT2D eigenvalue weighted by molar-refractivity contribution is -0.665. The summed E-state index contributed by atoms with van der Waals surface area (Å²) in [6.45, 7) is 7.20. The van der Waals surface area contributed by atoms with Gasteiger partial charge in [-0.3, -0.25) is 24.4 Å². The zero-order valence-corrected chi connectivity index (χ0v) is 31.4. The Morgan fingerprint density at radius 3 is 2.64 bits per heavy atom. The van der Waals surface area contributed by atoms with E-state index in [2.05, 4.69) is 30.1 Å². The number of hydrogen-bond donors (Lipinski definition) is 2. The monoisotopic (exact) mass is 764 g/mol. The molecule has 5 heterocycles. The number of aryl methyl sites for hydroxylation is 1. The number of rotatable bonds is 12. The van der Waals surface area contributed by atoms with Crippen LogP contribution in [-0.4, -0.2) is 89.9 Å². The lowest BCUT2D eigenvalue weighted by Gasteiger charge is -2.49. The van der Waals surface area contributed by atoms with Crippen LogP contribution in [0, 0.1) is 0 Å². The molecule has 6 rings (SSSR count). The Kier molecular flexibility index (Phi) is 10.9. The summed E-state index contributed by atoms with van der Waals surface area (Å²) < 4.78 is 24.2. The number of anilines is 1. The average Bonchev–Trinajstić information content (AvgIpc) is 3.72. The van der Waals surface area contributed by atoms with E-state index in [1.165, 1.54) is 16.7 Å². The summed E-state index contributed by atoms with van der Waals surface area (Å²) in [5.41, 5.74) is 2.06. The lowest BCUT2D eigenvalue weighted by Crippen LogP contribution is -2.71. The summed E-state index contributed by atoms with van der Waals surface area (Å²) in [5.74, 6) is -1.08. The minimum Gasteiger partial charge on any atom is -0.497 e. The number of carbonyl (C=O) groups excluding carboxylic acids is 4. The quantitative estimate of drug-likeness (QED) is 0.0706. The molecule has 2 aliphatic rings. The zero-order valence-electron chi connectivity index (χ0n) is 29.8. The van der Waals surface area contributed by atoms with Crippen molar-refractivity contribution < 1.29 is 42.8 Å². The molecule has 3 amide bonds. The number of carbonyl (C=O) groups is 4. The number of methoxy groups -OCH3 is 1. The van der Waals surface area contributed by atoms with E-state index >= 15 is 0 Å². The molecule has 0 aliphatic carbocycles. The third-order valence-corrected chi connectivity index (χ3v) is 9.86. The van der Waals surface area contributed by atoms with Crippen LogP contribution in [0.4, 0.5) is 9.93 Å².